The molecule has 0 rings (SSSR count). The Bertz CT molecular complexity index is 273. The molecule has 0 bridgehead atoms. The molecule has 0 saturated carbocycles. The first-order chi connectivity index (χ1) is 8.87. The summed E-state index contributed by atoms with van der Waals surface area (Å²) in [5.74, 6) is -0.291. The molecule has 0 aliphatic carbocycles. The summed E-state index contributed by atoms with van der Waals surface area (Å²) >= 11 is 0. The lowest BCUT2D eigenvalue weighted by molar-refractivity contribution is -0.145. The van der Waals surface area contributed by atoms with Crippen LogP contribution >= 0.6 is 0 Å². The smallest absolute Gasteiger partial charge is 0.235 e. The van der Waals surface area contributed by atoms with Gasteiger partial charge in [-0.15, -0.1) is 0 Å². The van der Waals surface area contributed by atoms with Crippen LogP contribution in [0.15, 0.2) is 0 Å². The summed E-state index contributed by atoms with van der Waals surface area (Å²) in [6.07, 6.45) is 2.77. The summed E-state index contributed by atoms with van der Waals surface area (Å²) < 4.78 is 0. The van der Waals surface area contributed by atoms with Crippen molar-refractivity contribution in [2.75, 3.05) is 0 Å². The van der Waals surface area contributed by atoms with E-state index in [0.29, 0.717) is 12.8 Å². The highest BCUT2D eigenvalue weighted by atomic mass is 16.2. The van der Waals surface area contributed by atoms with Crippen molar-refractivity contribution in [1.29, 1.82) is 0 Å². The van der Waals surface area contributed by atoms with Crippen LogP contribution in [0.5, 0.6) is 0 Å². The molecule has 4 nitrogen and oxygen atoms in total. The zero-order valence-electron chi connectivity index (χ0n) is 13.3. The normalized spacial score (nSPS) is 14.6. The van der Waals surface area contributed by atoms with Crippen molar-refractivity contribution in [1.82, 2.24) is 10.6 Å². The van der Waals surface area contributed by atoms with E-state index in [1.165, 1.54) is 0 Å². The van der Waals surface area contributed by atoms with Crippen LogP contribution in [0.3, 0.4) is 0 Å². The molecule has 112 valence electrons. The van der Waals surface area contributed by atoms with Gasteiger partial charge in [-0.05, 0) is 39.5 Å². The van der Waals surface area contributed by atoms with Crippen molar-refractivity contribution in [2.24, 2.45) is 5.41 Å². The Kier molecular flexibility index (Phi) is 7.72. The number of carbonyl (C=O) groups excluding carboxylic acids is 2. The molecule has 0 aromatic heterocycles. The predicted molar refractivity (Wildman–Crippen MR) is 78.8 cm³/mol. The van der Waals surface area contributed by atoms with Crippen LogP contribution in [0, 0.1) is 5.41 Å². The van der Waals surface area contributed by atoms with E-state index >= 15 is 0 Å². The van der Waals surface area contributed by atoms with Gasteiger partial charge in [0.2, 0.25) is 11.8 Å². The largest absolute Gasteiger partial charge is 0.353 e. The summed E-state index contributed by atoms with van der Waals surface area (Å²) in [7, 11) is 0. The van der Waals surface area contributed by atoms with Crippen molar-refractivity contribution >= 4 is 11.8 Å². The lowest BCUT2D eigenvalue weighted by atomic mass is 9.79. The average molecular weight is 270 g/mol. The monoisotopic (exact) mass is 270 g/mol. The van der Waals surface area contributed by atoms with Crippen LogP contribution in [-0.4, -0.2) is 23.9 Å². The van der Waals surface area contributed by atoms with Gasteiger partial charge in [-0.2, -0.15) is 0 Å². The molecule has 0 aromatic carbocycles. The van der Waals surface area contributed by atoms with Crippen LogP contribution in [0.4, 0.5) is 0 Å². The lowest BCUT2D eigenvalue weighted by Gasteiger charge is -2.31. The zero-order chi connectivity index (χ0) is 15.1. The van der Waals surface area contributed by atoms with Gasteiger partial charge in [0.15, 0.2) is 0 Å². The molecule has 2 amide bonds. The standard InChI is InChI=1S/C15H30N2O2/c1-7-11(5)16-13(18)15(9-3,10-4)14(19)17-12(6)8-2/h11-12H,7-10H2,1-6H3,(H,16,18)(H,17,19)/t11-,12-/m1/s1. The Hall–Kier alpha value is -1.06. The maximum atomic E-state index is 12.4. The molecule has 0 aromatic rings. The van der Waals surface area contributed by atoms with E-state index in [9.17, 15) is 9.59 Å². The van der Waals surface area contributed by atoms with Crippen LogP contribution < -0.4 is 10.6 Å². The molecule has 19 heavy (non-hydrogen) atoms. The fourth-order valence-corrected chi connectivity index (χ4v) is 1.92. The molecular weight excluding hydrogens is 240 g/mol. The molecule has 0 aliphatic heterocycles. The first-order valence-electron chi connectivity index (χ1n) is 7.49. The van der Waals surface area contributed by atoms with Crippen LogP contribution in [0.1, 0.15) is 67.2 Å². The molecule has 0 aliphatic rings. The molecule has 2 N–H and O–H groups in total. The van der Waals surface area contributed by atoms with Gasteiger partial charge < -0.3 is 10.6 Å². The summed E-state index contributed by atoms with van der Waals surface area (Å²) in [6, 6.07) is 0.197. The first-order valence-corrected chi connectivity index (χ1v) is 7.49. The maximum absolute atomic E-state index is 12.4. The minimum Gasteiger partial charge on any atom is -0.353 e. The second kappa shape index (κ2) is 8.18. The molecule has 0 heterocycles. The summed E-state index contributed by atoms with van der Waals surface area (Å²) in [4.78, 5) is 24.9. The summed E-state index contributed by atoms with van der Waals surface area (Å²) in [6.45, 7) is 11.8. The van der Waals surface area contributed by atoms with E-state index in [-0.39, 0.29) is 23.9 Å². The minimum absolute atomic E-state index is 0.0985. The molecule has 0 fully saturated rings. The fraction of sp³-hybridized carbons (Fsp3) is 0.867. The van der Waals surface area contributed by atoms with E-state index < -0.39 is 5.41 Å². The summed E-state index contributed by atoms with van der Waals surface area (Å²) in [5.41, 5.74) is -0.938. The van der Waals surface area contributed by atoms with Gasteiger partial charge in [0.25, 0.3) is 0 Å². The van der Waals surface area contributed by atoms with E-state index in [2.05, 4.69) is 10.6 Å². The highest BCUT2D eigenvalue weighted by molar-refractivity contribution is 6.05. The lowest BCUT2D eigenvalue weighted by Crippen LogP contribution is -2.54. The molecular formula is C15H30N2O2. The van der Waals surface area contributed by atoms with Crippen LogP contribution in [-0.2, 0) is 9.59 Å². The Morgan fingerprint density at radius 1 is 0.842 bits per heavy atom. The quantitative estimate of drug-likeness (QED) is 0.666. The number of rotatable bonds is 8. The number of hydrogen-bond donors (Lipinski definition) is 2. The highest BCUT2D eigenvalue weighted by Crippen LogP contribution is 2.27. The Morgan fingerprint density at radius 2 is 1.16 bits per heavy atom. The van der Waals surface area contributed by atoms with Gasteiger partial charge in [-0.3, -0.25) is 9.59 Å². The van der Waals surface area contributed by atoms with E-state index in [0.717, 1.165) is 12.8 Å². The Morgan fingerprint density at radius 3 is 1.37 bits per heavy atom. The Balaban J connectivity index is 5.02. The number of hydrogen-bond acceptors (Lipinski definition) is 2. The van der Waals surface area contributed by atoms with Crippen molar-refractivity contribution in [3.8, 4) is 0 Å². The SMILES string of the molecule is CC[C@@H](C)NC(=O)C(CC)(CC)C(=O)N[C@H](C)CC. The van der Waals surface area contributed by atoms with Gasteiger partial charge in [-0.1, -0.05) is 27.7 Å². The molecule has 2 atom stereocenters. The van der Waals surface area contributed by atoms with E-state index in [4.69, 9.17) is 0 Å². The number of carbonyl (C=O) groups is 2. The third-order valence-corrected chi connectivity index (χ3v) is 4.06. The predicted octanol–water partition coefficient (Wildman–Crippen LogP) is 2.62. The second-order valence-electron chi connectivity index (χ2n) is 5.35. The van der Waals surface area contributed by atoms with Crippen molar-refractivity contribution in [2.45, 2.75) is 79.3 Å². The van der Waals surface area contributed by atoms with Gasteiger partial charge in [0.1, 0.15) is 5.41 Å². The fourth-order valence-electron chi connectivity index (χ4n) is 1.92. The molecule has 4 heteroatoms. The zero-order valence-corrected chi connectivity index (χ0v) is 13.3. The average Bonchev–Trinajstić information content (AvgIpc) is 2.40. The van der Waals surface area contributed by atoms with Crippen molar-refractivity contribution in [3.05, 3.63) is 0 Å². The van der Waals surface area contributed by atoms with Crippen molar-refractivity contribution in [3.63, 3.8) is 0 Å². The van der Waals surface area contributed by atoms with Crippen LogP contribution in [0.25, 0.3) is 0 Å². The maximum Gasteiger partial charge on any atom is 0.235 e. The van der Waals surface area contributed by atoms with Gasteiger partial charge in [-0.25, -0.2) is 0 Å². The molecule has 0 radical (unpaired) electrons. The summed E-state index contributed by atoms with van der Waals surface area (Å²) in [5, 5.41) is 5.89. The molecule has 0 saturated heterocycles. The Labute approximate surface area is 117 Å². The van der Waals surface area contributed by atoms with Gasteiger partial charge >= 0.3 is 0 Å². The highest BCUT2D eigenvalue weighted by Gasteiger charge is 2.43. The molecule has 0 unspecified atom stereocenters. The minimum atomic E-state index is -0.938. The van der Waals surface area contributed by atoms with E-state index in [1.54, 1.807) is 0 Å². The number of amides is 2. The third kappa shape index (κ3) is 4.51. The third-order valence-electron chi connectivity index (χ3n) is 4.06. The van der Waals surface area contributed by atoms with Crippen LogP contribution in [0.2, 0.25) is 0 Å². The van der Waals surface area contributed by atoms with Gasteiger partial charge in [0.05, 0.1) is 0 Å². The second-order valence-corrected chi connectivity index (χ2v) is 5.35. The van der Waals surface area contributed by atoms with E-state index in [1.807, 2.05) is 41.5 Å². The van der Waals surface area contributed by atoms with Gasteiger partial charge in [0, 0.05) is 12.1 Å². The van der Waals surface area contributed by atoms with Crippen molar-refractivity contribution < 1.29 is 9.59 Å². The molecule has 0 spiro atoms. The topological polar surface area (TPSA) is 58.2 Å². The first kappa shape index (κ1) is 17.9. The number of nitrogens with one attached hydrogen (secondary N) is 2.